The summed E-state index contributed by atoms with van der Waals surface area (Å²) >= 11 is 0. The first-order chi connectivity index (χ1) is 8.25. The number of ether oxygens (including phenoxy) is 1. The molecule has 17 heavy (non-hydrogen) atoms. The maximum absolute atomic E-state index is 12.1. The van der Waals surface area contributed by atoms with Gasteiger partial charge in [-0.05, 0) is 12.8 Å². The Bertz CT molecular complexity index is 484. The Kier molecular flexibility index (Phi) is 2.51. The van der Waals surface area contributed by atoms with Crippen LogP contribution in [0.5, 0.6) is 0 Å². The van der Waals surface area contributed by atoms with E-state index < -0.39 is 0 Å². The molecule has 1 aromatic heterocycles. The molecule has 6 heteroatoms. The van der Waals surface area contributed by atoms with Gasteiger partial charge in [0.15, 0.2) is 0 Å². The van der Waals surface area contributed by atoms with Crippen molar-refractivity contribution in [1.82, 2.24) is 15.1 Å². The lowest BCUT2D eigenvalue weighted by Crippen LogP contribution is -2.42. The summed E-state index contributed by atoms with van der Waals surface area (Å²) in [6.07, 6.45) is 2.15. The van der Waals surface area contributed by atoms with Crippen molar-refractivity contribution in [3.63, 3.8) is 0 Å². The molecule has 1 aromatic rings. The third kappa shape index (κ3) is 1.78. The fourth-order valence-electron chi connectivity index (χ4n) is 2.48. The molecule has 1 saturated heterocycles. The van der Waals surface area contributed by atoms with Crippen molar-refractivity contribution >= 4 is 5.91 Å². The van der Waals surface area contributed by atoms with Gasteiger partial charge in [0.2, 0.25) is 0 Å². The number of H-pyrrole nitrogens is 2. The number of fused-ring (bicyclic) bond motifs is 1. The fourth-order valence-corrected chi connectivity index (χ4v) is 2.48. The summed E-state index contributed by atoms with van der Waals surface area (Å²) in [6, 6.07) is 0. The number of nitrogens with zero attached hydrogens (tertiary/aromatic N) is 1. The van der Waals surface area contributed by atoms with Gasteiger partial charge in [0.1, 0.15) is 6.10 Å². The minimum Gasteiger partial charge on any atom is -0.368 e. The van der Waals surface area contributed by atoms with E-state index in [1.807, 2.05) is 0 Å². The van der Waals surface area contributed by atoms with E-state index in [4.69, 9.17) is 4.74 Å². The molecule has 0 radical (unpaired) electrons. The second-order valence-corrected chi connectivity index (χ2v) is 4.55. The molecule has 92 valence electrons. The maximum Gasteiger partial charge on any atom is 0.269 e. The molecule has 1 unspecified atom stereocenters. The Morgan fingerprint density at radius 3 is 3.06 bits per heavy atom. The van der Waals surface area contributed by atoms with Crippen molar-refractivity contribution in [2.45, 2.75) is 31.9 Å². The van der Waals surface area contributed by atoms with Gasteiger partial charge in [-0.1, -0.05) is 0 Å². The Morgan fingerprint density at radius 2 is 2.29 bits per heavy atom. The van der Waals surface area contributed by atoms with E-state index >= 15 is 0 Å². The summed E-state index contributed by atoms with van der Waals surface area (Å²) in [4.78, 5) is 25.3. The summed E-state index contributed by atoms with van der Waals surface area (Å²) in [5.74, 6) is 0.0220. The Balaban J connectivity index is 1.77. The molecule has 2 N–H and O–H groups in total. The van der Waals surface area contributed by atoms with Gasteiger partial charge in [-0.3, -0.25) is 14.7 Å². The van der Waals surface area contributed by atoms with Crippen LogP contribution in [0.2, 0.25) is 0 Å². The molecule has 3 rings (SSSR count). The molecular weight excluding hydrogens is 222 g/mol. The van der Waals surface area contributed by atoms with Crippen LogP contribution in [0.15, 0.2) is 4.79 Å². The van der Waals surface area contributed by atoms with E-state index in [-0.39, 0.29) is 17.6 Å². The van der Waals surface area contributed by atoms with Crippen LogP contribution in [-0.2, 0) is 22.5 Å². The van der Waals surface area contributed by atoms with Crippen molar-refractivity contribution in [2.24, 2.45) is 0 Å². The normalized spacial score (nSPS) is 23.8. The van der Waals surface area contributed by atoms with Gasteiger partial charge in [0.05, 0.1) is 12.1 Å². The lowest BCUT2D eigenvalue weighted by molar-refractivity contribution is -0.141. The summed E-state index contributed by atoms with van der Waals surface area (Å²) in [6.45, 7) is 1.71. The van der Waals surface area contributed by atoms with Crippen LogP contribution in [0.3, 0.4) is 0 Å². The highest BCUT2D eigenvalue weighted by Gasteiger charge is 2.31. The van der Waals surface area contributed by atoms with Crippen LogP contribution in [0.1, 0.15) is 24.1 Å². The first-order valence-corrected chi connectivity index (χ1v) is 5.94. The minimum atomic E-state index is -0.297. The fraction of sp³-hybridized carbons (Fsp3) is 0.636. The first-order valence-electron chi connectivity index (χ1n) is 5.94. The van der Waals surface area contributed by atoms with Crippen LogP contribution in [-0.4, -0.2) is 40.3 Å². The second kappa shape index (κ2) is 4.03. The second-order valence-electron chi connectivity index (χ2n) is 4.55. The van der Waals surface area contributed by atoms with Crippen molar-refractivity contribution in [3.05, 3.63) is 21.6 Å². The van der Waals surface area contributed by atoms with Crippen LogP contribution in [0, 0.1) is 0 Å². The standard InChI is InChI=1S/C11H15N3O3/c15-10-7-6-14(4-3-8(7)12-13-10)11(16)9-2-1-5-17-9/h9H,1-6H2,(H2,12,13,15). The molecule has 1 amide bonds. The van der Waals surface area contributed by atoms with E-state index in [0.29, 0.717) is 31.7 Å². The Morgan fingerprint density at radius 1 is 1.41 bits per heavy atom. The molecule has 0 aromatic carbocycles. The Hall–Kier alpha value is -1.56. The van der Waals surface area contributed by atoms with Crippen molar-refractivity contribution in [2.75, 3.05) is 13.2 Å². The van der Waals surface area contributed by atoms with Gasteiger partial charge in [-0.15, -0.1) is 0 Å². The number of hydrogen-bond acceptors (Lipinski definition) is 3. The van der Waals surface area contributed by atoms with Gasteiger partial charge >= 0.3 is 0 Å². The molecule has 0 saturated carbocycles. The van der Waals surface area contributed by atoms with E-state index in [2.05, 4.69) is 10.2 Å². The minimum absolute atomic E-state index is 0.0220. The first kappa shape index (κ1) is 10.6. The number of rotatable bonds is 1. The summed E-state index contributed by atoms with van der Waals surface area (Å²) < 4.78 is 5.38. The molecule has 6 nitrogen and oxygen atoms in total. The number of carbonyl (C=O) groups excluding carboxylic acids is 1. The highest BCUT2D eigenvalue weighted by Crippen LogP contribution is 2.19. The van der Waals surface area contributed by atoms with E-state index in [9.17, 15) is 9.59 Å². The summed E-state index contributed by atoms with van der Waals surface area (Å²) in [5.41, 5.74) is 1.49. The number of hydrogen-bond donors (Lipinski definition) is 2. The van der Waals surface area contributed by atoms with Gasteiger partial charge in [-0.2, -0.15) is 0 Å². The number of nitrogens with one attached hydrogen (secondary N) is 2. The van der Waals surface area contributed by atoms with Gasteiger partial charge < -0.3 is 14.7 Å². The van der Waals surface area contributed by atoms with E-state index in [1.165, 1.54) is 0 Å². The number of carbonyl (C=O) groups is 1. The van der Waals surface area contributed by atoms with Crippen LogP contribution >= 0.6 is 0 Å². The zero-order valence-corrected chi connectivity index (χ0v) is 9.49. The van der Waals surface area contributed by atoms with Gasteiger partial charge in [0.25, 0.3) is 11.5 Å². The topological polar surface area (TPSA) is 78.2 Å². The predicted molar refractivity (Wildman–Crippen MR) is 59.5 cm³/mol. The lowest BCUT2D eigenvalue weighted by Gasteiger charge is -2.28. The van der Waals surface area contributed by atoms with Crippen LogP contribution < -0.4 is 5.56 Å². The third-order valence-electron chi connectivity index (χ3n) is 3.46. The molecule has 0 spiro atoms. The molecule has 3 heterocycles. The largest absolute Gasteiger partial charge is 0.368 e. The predicted octanol–water partition coefficient (Wildman–Crippen LogP) is -0.233. The molecule has 0 aliphatic carbocycles. The molecule has 0 bridgehead atoms. The summed E-state index contributed by atoms with van der Waals surface area (Å²) in [5, 5.41) is 5.41. The monoisotopic (exact) mass is 237 g/mol. The molecular formula is C11H15N3O3. The van der Waals surface area contributed by atoms with Crippen molar-refractivity contribution in [3.8, 4) is 0 Å². The van der Waals surface area contributed by atoms with E-state index in [1.54, 1.807) is 4.90 Å². The maximum atomic E-state index is 12.1. The third-order valence-corrected chi connectivity index (χ3v) is 3.46. The number of aromatic amines is 2. The van der Waals surface area contributed by atoms with Gasteiger partial charge in [0, 0.05) is 25.3 Å². The SMILES string of the molecule is O=C(C1CCCO1)N1CCc2[nH][nH]c(=O)c2C1. The number of aromatic nitrogens is 2. The average molecular weight is 237 g/mol. The number of amides is 1. The molecule has 2 aliphatic rings. The van der Waals surface area contributed by atoms with Crippen molar-refractivity contribution < 1.29 is 9.53 Å². The summed E-state index contributed by atoms with van der Waals surface area (Å²) in [7, 11) is 0. The quantitative estimate of drug-likeness (QED) is 0.708. The van der Waals surface area contributed by atoms with Crippen molar-refractivity contribution in [1.29, 1.82) is 0 Å². The Labute approximate surface area is 97.9 Å². The average Bonchev–Trinajstić information content (AvgIpc) is 2.98. The highest BCUT2D eigenvalue weighted by atomic mass is 16.5. The van der Waals surface area contributed by atoms with Crippen LogP contribution in [0.25, 0.3) is 0 Å². The molecule has 1 atom stereocenters. The van der Waals surface area contributed by atoms with E-state index in [0.717, 1.165) is 18.5 Å². The zero-order valence-electron chi connectivity index (χ0n) is 9.49. The zero-order chi connectivity index (χ0) is 11.8. The van der Waals surface area contributed by atoms with Crippen LogP contribution in [0.4, 0.5) is 0 Å². The highest BCUT2D eigenvalue weighted by molar-refractivity contribution is 5.81. The molecule has 1 fully saturated rings. The lowest BCUT2D eigenvalue weighted by atomic mass is 10.1. The smallest absolute Gasteiger partial charge is 0.269 e. The van der Waals surface area contributed by atoms with Gasteiger partial charge in [-0.25, -0.2) is 0 Å². The molecule has 2 aliphatic heterocycles.